The number of Topliss-reactive ketones (excluding diaryl/α,β-unsaturated/α-hetero) is 1. The minimum absolute atomic E-state index is 0.346. The van der Waals surface area contributed by atoms with E-state index in [4.69, 9.17) is 14.2 Å². The average molecular weight is 505 g/mol. The number of nitrogens with zero attached hydrogens (tertiary/aromatic N) is 1. The first-order chi connectivity index (χ1) is 17.7. The van der Waals surface area contributed by atoms with Gasteiger partial charge in [0.1, 0.15) is 11.7 Å². The molecule has 1 aliphatic carbocycles. The van der Waals surface area contributed by atoms with Crippen LogP contribution in [-0.4, -0.2) is 53.1 Å². The molecular weight excluding hydrogens is 472 g/mol. The molecule has 194 valence electrons. The molecule has 1 N–H and O–H groups in total. The Morgan fingerprint density at radius 1 is 0.919 bits per heavy atom. The molecule has 1 aliphatic heterocycles. The lowest BCUT2D eigenvalue weighted by Gasteiger charge is -2.39. The number of rotatable bonds is 6. The van der Waals surface area contributed by atoms with Gasteiger partial charge in [0.2, 0.25) is 0 Å². The maximum Gasteiger partial charge on any atom is 0.336 e. The van der Waals surface area contributed by atoms with Gasteiger partial charge in [-0.05, 0) is 48.7 Å². The lowest BCUT2D eigenvalue weighted by atomic mass is 9.67. The predicted molar refractivity (Wildman–Crippen MR) is 139 cm³/mol. The number of ether oxygens (including phenoxy) is 3. The number of benzene rings is 2. The second-order valence-corrected chi connectivity index (χ2v) is 9.42. The summed E-state index contributed by atoms with van der Waals surface area (Å²) in [6.07, 6.45) is 0.394. The molecule has 0 aromatic heterocycles. The second kappa shape index (κ2) is 10.5. The van der Waals surface area contributed by atoms with Gasteiger partial charge in [-0.25, -0.2) is 4.79 Å². The molecule has 0 saturated carbocycles. The third kappa shape index (κ3) is 4.71. The molecule has 3 unspecified atom stereocenters. The summed E-state index contributed by atoms with van der Waals surface area (Å²) < 4.78 is 15.5. The summed E-state index contributed by atoms with van der Waals surface area (Å²) in [4.78, 5) is 42.2. The third-order valence-corrected chi connectivity index (χ3v) is 7.17. The maximum absolute atomic E-state index is 14.2. The topological polar surface area (TPSA) is 94.2 Å². The fourth-order valence-electron chi connectivity index (χ4n) is 5.27. The standard InChI is InChI=1S/C29H32N2O6/c1-16-23(28(33)36-5)24(18-7-11-19(12-8-18)31(2)3)26-22(30-16)15-21(25(27(26)32)29(34)37-6)17-9-13-20(35-4)14-10-17/h7-14,21,24-25,30H,15H2,1-6H3. The number of carbonyl (C=O) groups excluding carboxylic acids is 3. The highest BCUT2D eigenvalue weighted by Gasteiger charge is 2.48. The number of allylic oxidation sites excluding steroid dienone is 3. The first-order valence-electron chi connectivity index (χ1n) is 12.0. The van der Waals surface area contributed by atoms with E-state index in [0.29, 0.717) is 34.7 Å². The van der Waals surface area contributed by atoms with E-state index in [2.05, 4.69) is 5.32 Å². The van der Waals surface area contributed by atoms with Crippen LogP contribution in [0.15, 0.2) is 71.1 Å². The highest BCUT2D eigenvalue weighted by atomic mass is 16.5. The van der Waals surface area contributed by atoms with Crippen molar-refractivity contribution in [2.24, 2.45) is 5.92 Å². The number of anilines is 1. The van der Waals surface area contributed by atoms with E-state index in [9.17, 15) is 14.4 Å². The van der Waals surface area contributed by atoms with Gasteiger partial charge in [-0.1, -0.05) is 24.3 Å². The van der Waals surface area contributed by atoms with E-state index in [1.165, 1.54) is 14.2 Å². The number of esters is 2. The second-order valence-electron chi connectivity index (χ2n) is 9.42. The summed E-state index contributed by atoms with van der Waals surface area (Å²) in [7, 11) is 8.06. The minimum Gasteiger partial charge on any atom is -0.497 e. The Hall–Kier alpha value is -4.07. The van der Waals surface area contributed by atoms with E-state index in [-0.39, 0.29) is 5.78 Å². The summed E-state index contributed by atoms with van der Waals surface area (Å²) in [5.74, 6) is -3.00. The SMILES string of the molecule is COC(=O)C1=C(C)NC2=C(C(=O)C(C(=O)OC)C(c3ccc(OC)cc3)C2)C1c1ccc(N(C)C)cc1. The van der Waals surface area contributed by atoms with E-state index in [0.717, 1.165) is 16.8 Å². The molecule has 2 aromatic rings. The van der Waals surface area contributed by atoms with Crippen LogP contribution in [0.2, 0.25) is 0 Å². The Bertz CT molecular complexity index is 1270. The molecular formula is C29H32N2O6. The monoisotopic (exact) mass is 504 g/mol. The largest absolute Gasteiger partial charge is 0.497 e. The van der Waals surface area contributed by atoms with Gasteiger partial charge in [0.15, 0.2) is 5.78 Å². The quantitative estimate of drug-likeness (QED) is 0.470. The lowest BCUT2D eigenvalue weighted by molar-refractivity contribution is -0.150. The number of carbonyl (C=O) groups is 3. The van der Waals surface area contributed by atoms with Crippen LogP contribution in [0.25, 0.3) is 0 Å². The van der Waals surface area contributed by atoms with Gasteiger partial charge in [-0.15, -0.1) is 0 Å². The molecule has 8 heteroatoms. The van der Waals surface area contributed by atoms with Gasteiger partial charge in [-0.3, -0.25) is 9.59 Å². The third-order valence-electron chi connectivity index (χ3n) is 7.17. The zero-order chi connectivity index (χ0) is 26.9. The Morgan fingerprint density at radius 2 is 1.54 bits per heavy atom. The van der Waals surface area contributed by atoms with Crippen molar-refractivity contribution in [1.82, 2.24) is 5.32 Å². The fourth-order valence-corrected chi connectivity index (χ4v) is 5.27. The molecule has 1 heterocycles. The van der Waals surface area contributed by atoms with Crippen LogP contribution in [0.3, 0.4) is 0 Å². The van der Waals surface area contributed by atoms with Crippen molar-refractivity contribution in [2.45, 2.75) is 25.2 Å². The number of dihydropyridines is 1. The number of methoxy groups -OCH3 is 3. The van der Waals surface area contributed by atoms with Crippen molar-refractivity contribution in [3.63, 3.8) is 0 Å². The maximum atomic E-state index is 14.2. The van der Waals surface area contributed by atoms with Crippen molar-refractivity contribution in [2.75, 3.05) is 40.3 Å². The molecule has 0 saturated heterocycles. The Morgan fingerprint density at radius 3 is 2.08 bits per heavy atom. The zero-order valence-electron chi connectivity index (χ0n) is 22.0. The van der Waals surface area contributed by atoms with Crippen molar-refractivity contribution in [3.8, 4) is 5.75 Å². The molecule has 4 rings (SSSR count). The summed E-state index contributed by atoms with van der Waals surface area (Å²) >= 11 is 0. The number of hydrogen-bond donors (Lipinski definition) is 1. The summed E-state index contributed by atoms with van der Waals surface area (Å²) in [5, 5.41) is 3.30. The van der Waals surface area contributed by atoms with Gasteiger partial charge in [0.05, 0.1) is 26.9 Å². The van der Waals surface area contributed by atoms with Crippen molar-refractivity contribution in [3.05, 3.63) is 82.2 Å². The van der Waals surface area contributed by atoms with Crippen LogP contribution in [0.4, 0.5) is 5.69 Å². The van der Waals surface area contributed by atoms with Gasteiger partial charge in [0.25, 0.3) is 0 Å². The van der Waals surface area contributed by atoms with E-state index in [1.54, 1.807) is 14.0 Å². The van der Waals surface area contributed by atoms with Gasteiger partial charge in [0, 0.05) is 48.6 Å². The molecule has 37 heavy (non-hydrogen) atoms. The smallest absolute Gasteiger partial charge is 0.336 e. The van der Waals surface area contributed by atoms with Crippen LogP contribution >= 0.6 is 0 Å². The molecule has 3 atom stereocenters. The van der Waals surface area contributed by atoms with Gasteiger partial charge in [-0.2, -0.15) is 0 Å². The fraction of sp³-hybridized carbons (Fsp3) is 0.345. The van der Waals surface area contributed by atoms with Crippen LogP contribution in [-0.2, 0) is 23.9 Å². The normalized spacial score (nSPS) is 21.1. The number of nitrogens with one attached hydrogen (secondary N) is 1. The summed E-state index contributed by atoms with van der Waals surface area (Å²) in [6, 6.07) is 15.0. The predicted octanol–water partition coefficient (Wildman–Crippen LogP) is 3.69. The first-order valence-corrected chi connectivity index (χ1v) is 12.0. The van der Waals surface area contributed by atoms with E-state index < -0.39 is 29.7 Å². The Kier molecular flexibility index (Phi) is 7.38. The summed E-state index contributed by atoms with van der Waals surface area (Å²) in [5.41, 5.74) is 4.61. The van der Waals surface area contributed by atoms with E-state index in [1.807, 2.05) is 67.5 Å². The molecule has 0 spiro atoms. The average Bonchev–Trinajstić information content (AvgIpc) is 2.91. The van der Waals surface area contributed by atoms with Crippen molar-refractivity contribution < 1.29 is 28.6 Å². The number of hydrogen-bond acceptors (Lipinski definition) is 8. The van der Waals surface area contributed by atoms with Gasteiger partial charge >= 0.3 is 11.9 Å². The molecule has 0 bridgehead atoms. The molecule has 0 fully saturated rings. The first kappa shape index (κ1) is 26.0. The van der Waals surface area contributed by atoms with Crippen LogP contribution in [0, 0.1) is 5.92 Å². The molecule has 8 nitrogen and oxygen atoms in total. The minimum atomic E-state index is -1.06. The molecule has 2 aliphatic rings. The van der Waals surface area contributed by atoms with E-state index >= 15 is 0 Å². The van der Waals surface area contributed by atoms with Crippen LogP contribution in [0.1, 0.15) is 36.3 Å². The number of ketones is 1. The highest BCUT2D eigenvalue weighted by Crippen LogP contribution is 2.48. The molecule has 0 radical (unpaired) electrons. The molecule has 0 amide bonds. The zero-order valence-corrected chi connectivity index (χ0v) is 22.0. The lowest BCUT2D eigenvalue weighted by Crippen LogP contribution is -2.43. The van der Waals surface area contributed by atoms with Crippen molar-refractivity contribution in [1.29, 1.82) is 0 Å². The highest BCUT2D eigenvalue weighted by molar-refractivity contribution is 6.13. The Labute approximate surface area is 216 Å². The van der Waals surface area contributed by atoms with Gasteiger partial charge < -0.3 is 24.4 Å². The van der Waals surface area contributed by atoms with Crippen molar-refractivity contribution >= 4 is 23.4 Å². The summed E-state index contributed by atoms with van der Waals surface area (Å²) in [6.45, 7) is 1.80. The van der Waals surface area contributed by atoms with Crippen LogP contribution in [0.5, 0.6) is 5.75 Å². The molecule has 2 aromatic carbocycles. The Balaban J connectivity index is 1.88. The van der Waals surface area contributed by atoms with Crippen LogP contribution < -0.4 is 15.0 Å².